The van der Waals surface area contributed by atoms with Gasteiger partial charge < -0.3 is 5.11 Å². The van der Waals surface area contributed by atoms with E-state index in [4.69, 9.17) is 5.11 Å². The van der Waals surface area contributed by atoms with Gasteiger partial charge in [-0.1, -0.05) is 6.07 Å². The van der Waals surface area contributed by atoms with Gasteiger partial charge in [-0.2, -0.15) is 0 Å². The first-order valence-corrected chi connectivity index (χ1v) is 6.48. The summed E-state index contributed by atoms with van der Waals surface area (Å²) in [6.45, 7) is 5.75. The maximum Gasteiger partial charge on any atom is 0.307 e. The van der Waals surface area contributed by atoms with E-state index in [0.29, 0.717) is 6.54 Å². The number of likely N-dealkylation sites (tertiary alicyclic amines) is 1. The van der Waals surface area contributed by atoms with Crippen LogP contribution in [0.4, 0.5) is 0 Å². The zero-order chi connectivity index (χ0) is 13.1. The summed E-state index contributed by atoms with van der Waals surface area (Å²) in [6, 6.07) is 4.17. The van der Waals surface area contributed by atoms with E-state index in [9.17, 15) is 4.79 Å². The quantitative estimate of drug-likeness (QED) is 0.891. The molecule has 2 atom stereocenters. The highest BCUT2D eigenvalue weighted by atomic mass is 16.4. The third-order valence-corrected chi connectivity index (χ3v) is 3.80. The summed E-state index contributed by atoms with van der Waals surface area (Å²) >= 11 is 0. The Kier molecular flexibility index (Phi) is 3.97. The minimum absolute atomic E-state index is 0.188. The summed E-state index contributed by atoms with van der Waals surface area (Å²) in [5.74, 6) is -0.908. The standard InChI is InChI=1S/C14H20N2O2/c1-10-5-3-7-15-13(10)11(2)16-8-4-6-12(9-16)14(17)18/h3,5,7,11-12H,4,6,8-9H2,1-2H3,(H,17,18). The predicted octanol–water partition coefficient (Wildman–Crippen LogP) is 2.25. The van der Waals surface area contributed by atoms with Crippen LogP contribution in [0.3, 0.4) is 0 Å². The van der Waals surface area contributed by atoms with Crippen LogP contribution in [0.1, 0.15) is 37.1 Å². The SMILES string of the molecule is Cc1cccnc1C(C)N1CCCC(C(=O)O)C1. The molecule has 0 aromatic carbocycles. The first kappa shape index (κ1) is 13.0. The monoisotopic (exact) mass is 248 g/mol. The van der Waals surface area contributed by atoms with E-state index in [1.165, 1.54) is 5.56 Å². The second-order valence-corrected chi connectivity index (χ2v) is 5.05. The van der Waals surface area contributed by atoms with Crippen LogP contribution >= 0.6 is 0 Å². The molecule has 0 saturated carbocycles. The summed E-state index contributed by atoms with van der Waals surface area (Å²) in [5.41, 5.74) is 2.23. The smallest absolute Gasteiger partial charge is 0.307 e. The summed E-state index contributed by atoms with van der Waals surface area (Å²) < 4.78 is 0. The molecule has 1 aliphatic rings. The maximum atomic E-state index is 11.1. The highest BCUT2D eigenvalue weighted by Crippen LogP contribution is 2.27. The number of carbonyl (C=O) groups is 1. The van der Waals surface area contributed by atoms with Crippen molar-refractivity contribution < 1.29 is 9.90 Å². The van der Waals surface area contributed by atoms with E-state index in [2.05, 4.69) is 29.8 Å². The third-order valence-electron chi connectivity index (χ3n) is 3.80. The fraction of sp³-hybridized carbons (Fsp3) is 0.571. The van der Waals surface area contributed by atoms with Crippen molar-refractivity contribution in [2.45, 2.75) is 32.7 Å². The van der Waals surface area contributed by atoms with Gasteiger partial charge in [0.25, 0.3) is 0 Å². The Bertz CT molecular complexity index is 434. The number of hydrogen-bond donors (Lipinski definition) is 1. The summed E-state index contributed by atoms with van der Waals surface area (Å²) in [5, 5.41) is 9.12. The number of pyridine rings is 1. The van der Waals surface area contributed by atoms with Gasteiger partial charge in [-0.15, -0.1) is 0 Å². The Morgan fingerprint density at radius 3 is 3.06 bits per heavy atom. The number of rotatable bonds is 3. The lowest BCUT2D eigenvalue weighted by Gasteiger charge is -2.35. The lowest BCUT2D eigenvalue weighted by molar-refractivity contribution is -0.143. The van der Waals surface area contributed by atoms with E-state index in [-0.39, 0.29) is 12.0 Å². The van der Waals surface area contributed by atoms with Gasteiger partial charge in [0.2, 0.25) is 0 Å². The van der Waals surface area contributed by atoms with Crippen molar-refractivity contribution in [2.24, 2.45) is 5.92 Å². The molecular weight excluding hydrogens is 228 g/mol. The van der Waals surface area contributed by atoms with Gasteiger partial charge in [0.15, 0.2) is 0 Å². The Hall–Kier alpha value is -1.42. The number of carboxylic acids is 1. The van der Waals surface area contributed by atoms with Crippen molar-refractivity contribution in [1.82, 2.24) is 9.88 Å². The van der Waals surface area contributed by atoms with Crippen LogP contribution in [0.25, 0.3) is 0 Å². The van der Waals surface area contributed by atoms with Crippen LogP contribution in [-0.2, 0) is 4.79 Å². The molecule has 98 valence electrons. The first-order valence-electron chi connectivity index (χ1n) is 6.48. The van der Waals surface area contributed by atoms with Gasteiger partial charge in [0.05, 0.1) is 11.6 Å². The lowest BCUT2D eigenvalue weighted by atomic mass is 9.96. The Morgan fingerprint density at radius 2 is 2.39 bits per heavy atom. The highest BCUT2D eigenvalue weighted by Gasteiger charge is 2.29. The first-order chi connectivity index (χ1) is 8.59. The number of hydrogen-bond acceptors (Lipinski definition) is 3. The number of carboxylic acid groups (broad SMARTS) is 1. The Morgan fingerprint density at radius 1 is 1.61 bits per heavy atom. The van der Waals surface area contributed by atoms with Gasteiger partial charge in [0, 0.05) is 18.8 Å². The molecule has 1 aliphatic heterocycles. The minimum Gasteiger partial charge on any atom is -0.481 e. The van der Waals surface area contributed by atoms with Gasteiger partial charge in [-0.3, -0.25) is 14.7 Å². The molecule has 2 rings (SSSR count). The maximum absolute atomic E-state index is 11.1. The predicted molar refractivity (Wildman–Crippen MR) is 69.3 cm³/mol. The number of aryl methyl sites for hydroxylation is 1. The Balaban J connectivity index is 2.11. The molecule has 18 heavy (non-hydrogen) atoms. The van der Waals surface area contributed by atoms with Crippen LogP contribution in [0.5, 0.6) is 0 Å². The van der Waals surface area contributed by atoms with Crippen molar-refractivity contribution in [3.8, 4) is 0 Å². The lowest BCUT2D eigenvalue weighted by Crippen LogP contribution is -2.40. The van der Waals surface area contributed by atoms with E-state index in [0.717, 1.165) is 25.1 Å². The molecular formula is C14H20N2O2. The summed E-state index contributed by atoms with van der Waals surface area (Å²) in [6.07, 6.45) is 3.55. The van der Waals surface area contributed by atoms with Crippen molar-refractivity contribution in [2.75, 3.05) is 13.1 Å². The molecule has 1 aromatic heterocycles. The summed E-state index contributed by atoms with van der Waals surface area (Å²) in [4.78, 5) is 17.8. The van der Waals surface area contributed by atoms with Crippen LogP contribution in [0, 0.1) is 12.8 Å². The Labute approximate surface area is 108 Å². The number of nitrogens with zero attached hydrogens (tertiary/aromatic N) is 2. The average Bonchev–Trinajstić information content (AvgIpc) is 2.38. The molecule has 0 amide bonds. The molecule has 0 aliphatic carbocycles. The van der Waals surface area contributed by atoms with E-state index >= 15 is 0 Å². The molecule has 4 heteroatoms. The van der Waals surface area contributed by atoms with E-state index in [1.807, 2.05) is 6.07 Å². The van der Waals surface area contributed by atoms with Gasteiger partial charge in [0.1, 0.15) is 0 Å². The van der Waals surface area contributed by atoms with Crippen molar-refractivity contribution in [3.63, 3.8) is 0 Å². The fourth-order valence-corrected chi connectivity index (χ4v) is 2.67. The number of aliphatic carboxylic acids is 1. The molecule has 0 spiro atoms. The van der Waals surface area contributed by atoms with Gasteiger partial charge in [-0.25, -0.2) is 0 Å². The van der Waals surface area contributed by atoms with Crippen LogP contribution in [0.15, 0.2) is 18.3 Å². The van der Waals surface area contributed by atoms with E-state index < -0.39 is 5.97 Å². The van der Waals surface area contributed by atoms with E-state index in [1.54, 1.807) is 6.20 Å². The topological polar surface area (TPSA) is 53.4 Å². The third kappa shape index (κ3) is 2.70. The molecule has 0 bridgehead atoms. The molecule has 1 fully saturated rings. The molecule has 2 heterocycles. The molecule has 1 N–H and O–H groups in total. The van der Waals surface area contributed by atoms with Crippen molar-refractivity contribution >= 4 is 5.97 Å². The zero-order valence-electron chi connectivity index (χ0n) is 11.0. The highest BCUT2D eigenvalue weighted by molar-refractivity contribution is 5.70. The summed E-state index contributed by atoms with van der Waals surface area (Å²) in [7, 11) is 0. The molecule has 2 unspecified atom stereocenters. The molecule has 1 aromatic rings. The van der Waals surface area contributed by atoms with Crippen molar-refractivity contribution in [3.05, 3.63) is 29.6 Å². The van der Waals surface area contributed by atoms with Crippen molar-refractivity contribution in [1.29, 1.82) is 0 Å². The molecule has 4 nitrogen and oxygen atoms in total. The normalized spacial score (nSPS) is 22.7. The second kappa shape index (κ2) is 5.48. The molecule has 0 radical (unpaired) electrons. The number of piperidine rings is 1. The zero-order valence-corrected chi connectivity index (χ0v) is 11.0. The van der Waals surface area contributed by atoms with Crippen LogP contribution in [-0.4, -0.2) is 34.0 Å². The largest absolute Gasteiger partial charge is 0.481 e. The van der Waals surface area contributed by atoms with Crippen LogP contribution < -0.4 is 0 Å². The van der Waals surface area contributed by atoms with Gasteiger partial charge >= 0.3 is 5.97 Å². The van der Waals surface area contributed by atoms with Gasteiger partial charge in [-0.05, 0) is 44.9 Å². The minimum atomic E-state index is -0.676. The fourth-order valence-electron chi connectivity index (χ4n) is 2.67. The second-order valence-electron chi connectivity index (χ2n) is 5.05. The molecule has 1 saturated heterocycles. The average molecular weight is 248 g/mol. The van der Waals surface area contributed by atoms with Crippen LogP contribution in [0.2, 0.25) is 0 Å². The number of aromatic nitrogens is 1.